The van der Waals surface area contributed by atoms with Crippen LogP contribution in [0.3, 0.4) is 0 Å². The topological polar surface area (TPSA) is 18.5 Å². The minimum Gasteiger partial charge on any atom is -0.441 e. The maximum atomic E-state index is 5.05. The summed E-state index contributed by atoms with van der Waals surface area (Å²) in [4.78, 5) is 0. The highest BCUT2D eigenvalue weighted by atomic mass is 16.5. The van der Waals surface area contributed by atoms with Crippen molar-refractivity contribution in [1.29, 1.82) is 0 Å². The van der Waals surface area contributed by atoms with E-state index in [1.165, 1.54) is 12.8 Å². The smallest absolute Gasteiger partial charge is 0.257 e. The van der Waals surface area contributed by atoms with Gasteiger partial charge >= 0.3 is 0 Å². The molecule has 0 radical (unpaired) electrons. The Kier molecular flexibility index (Phi) is 9.06. The summed E-state index contributed by atoms with van der Waals surface area (Å²) in [7, 11) is 1.76. The summed E-state index contributed by atoms with van der Waals surface area (Å²) in [5.74, 6) is 0. The summed E-state index contributed by atoms with van der Waals surface area (Å²) in [5.41, 5.74) is 0. The maximum absolute atomic E-state index is 5.05. The lowest BCUT2D eigenvalue weighted by Crippen LogP contribution is -2.06. The first kappa shape index (κ1) is 12.0. The summed E-state index contributed by atoms with van der Waals surface area (Å²) in [6.45, 7) is 6.27. The van der Waals surface area contributed by atoms with Crippen molar-refractivity contribution < 1.29 is 9.39 Å². The van der Waals surface area contributed by atoms with Gasteiger partial charge in [0.1, 0.15) is 0 Å². The van der Waals surface area contributed by atoms with Crippen LogP contribution in [0.1, 0.15) is 39.5 Å². The molecule has 1 rings (SSSR count). The largest absolute Gasteiger partial charge is 0.441 e. The van der Waals surface area contributed by atoms with Gasteiger partial charge in [0.05, 0.1) is 0 Å². The molecule has 1 aliphatic rings. The van der Waals surface area contributed by atoms with Crippen molar-refractivity contribution in [2.24, 2.45) is 0 Å². The van der Waals surface area contributed by atoms with E-state index in [1.54, 1.807) is 8.05 Å². The fourth-order valence-electron chi connectivity index (χ4n) is 1.13. The van der Waals surface area contributed by atoms with Gasteiger partial charge < -0.3 is 9.39 Å². The molecular formula is C9H21BO2. The SMILES string of the molecule is BOC(CC)CC.C1CCOC1. The van der Waals surface area contributed by atoms with Crippen LogP contribution in [0.15, 0.2) is 0 Å². The fraction of sp³-hybridized carbons (Fsp3) is 1.00. The zero-order valence-electron chi connectivity index (χ0n) is 8.64. The molecule has 1 fully saturated rings. The molecule has 1 heterocycles. The quantitative estimate of drug-likeness (QED) is 0.601. The lowest BCUT2D eigenvalue weighted by Gasteiger charge is -2.08. The van der Waals surface area contributed by atoms with Gasteiger partial charge in [-0.05, 0) is 25.7 Å². The molecule has 0 N–H and O–H groups in total. The Morgan fingerprint density at radius 1 is 1.25 bits per heavy atom. The highest BCUT2D eigenvalue weighted by Crippen LogP contribution is 1.98. The second-order valence-electron chi connectivity index (χ2n) is 2.99. The van der Waals surface area contributed by atoms with Gasteiger partial charge in [-0.1, -0.05) is 13.8 Å². The van der Waals surface area contributed by atoms with Crippen LogP contribution in [0.25, 0.3) is 0 Å². The Morgan fingerprint density at radius 3 is 1.83 bits per heavy atom. The third kappa shape index (κ3) is 6.68. The van der Waals surface area contributed by atoms with Crippen LogP contribution in [0.2, 0.25) is 0 Å². The standard InChI is InChI=1S/C5H13BO.C4H8O/c1-3-5(4-2)7-6;1-2-4-5-3-1/h5H,3-4,6H2,1-2H3;1-4H2. The summed E-state index contributed by atoms with van der Waals surface area (Å²) in [5, 5.41) is 0. The molecule has 3 heteroatoms. The zero-order chi connectivity index (χ0) is 9.23. The van der Waals surface area contributed by atoms with Gasteiger partial charge in [-0.25, -0.2) is 0 Å². The van der Waals surface area contributed by atoms with E-state index in [-0.39, 0.29) is 0 Å². The van der Waals surface area contributed by atoms with Crippen molar-refractivity contribution in [3.8, 4) is 0 Å². The van der Waals surface area contributed by atoms with Crippen molar-refractivity contribution in [3.63, 3.8) is 0 Å². The summed E-state index contributed by atoms with van der Waals surface area (Å²) in [6.07, 6.45) is 5.31. The zero-order valence-corrected chi connectivity index (χ0v) is 8.64. The summed E-state index contributed by atoms with van der Waals surface area (Å²) in [6, 6.07) is 0. The third-order valence-electron chi connectivity index (χ3n) is 2.07. The lowest BCUT2D eigenvalue weighted by molar-refractivity contribution is 0.198. The average molecular weight is 172 g/mol. The molecule has 2 nitrogen and oxygen atoms in total. The van der Waals surface area contributed by atoms with Crippen molar-refractivity contribution in [3.05, 3.63) is 0 Å². The van der Waals surface area contributed by atoms with Crippen LogP contribution < -0.4 is 0 Å². The van der Waals surface area contributed by atoms with Gasteiger partial charge in [-0.3, -0.25) is 0 Å². The van der Waals surface area contributed by atoms with E-state index >= 15 is 0 Å². The van der Waals surface area contributed by atoms with E-state index < -0.39 is 0 Å². The second-order valence-corrected chi connectivity index (χ2v) is 2.99. The second kappa shape index (κ2) is 9.08. The summed E-state index contributed by atoms with van der Waals surface area (Å²) < 4.78 is 9.99. The van der Waals surface area contributed by atoms with Gasteiger partial charge in [-0.2, -0.15) is 0 Å². The average Bonchev–Trinajstić information content (AvgIpc) is 2.64. The molecule has 0 spiro atoms. The van der Waals surface area contributed by atoms with Gasteiger partial charge in [0.2, 0.25) is 0 Å². The van der Waals surface area contributed by atoms with Crippen molar-refractivity contribution in [2.75, 3.05) is 13.2 Å². The molecular weight excluding hydrogens is 151 g/mol. The fourth-order valence-corrected chi connectivity index (χ4v) is 1.13. The van der Waals surface area contributed by atoms with Crippen molar-refractivity contribution in [1.82, 2.24) is 0 Å². The van der Waals surface area contributed by atoms with E-state index in [0.717, 1.165) is 26.1 Å². The molecule has 1 saturated heterocycles. The Morgan fingerprint density at radius 2 is 1.75 bits per heavy atom. The van der Waals surface area contributed by atoms with Crippen LogP contribution in [-0.4, -0.2) is 27.4 Å². The van der Waals surface area contributed by atoms with E-state index in [1.807, 2.05) is 0 Å². The van der Waals surface area contributed by atoms with E-state index in [9.17, 15) is 0 Å². The Balaban J connectivity index is 0.000000211. The van der Waals surface area contributed by atoms with Gasteiger partial charge in [0.25, 0.3) is 8.05 Å². The van der Waals surface area contributed by atoms with Gasteiger partial charge in [0.15, 0.2) is 0 Å². The molecule has 12 heavy (non-hydrogen) atoms. The van der Waals surface area contributed by atoms with Crippen molar-refractivity contribution in [2.45, 2.75) is 45.6 Å². The first-order chi connectivity index (χ1) is 5.85. The molecule has 0 amide bonds. The number of ether oxygens (including phenoxy) is 1. The molecule has 72 valence electrons. The van der Waals surface area contributed by atoms with Crippen LogP contribution in [0.5, 0.6) is 0 Å². The normalized spacial score (nSPS) is 15.9. The lowest BCUT2D eigenvalue weighted by atomic mass is 10.2. The van der Waals surface area contributed by atoms with Crippen LogP contribution in [0.4, 0.5) is 0 Å². The minimum absolute atomic E-state index is 0.486. The molecule has 0 aromatic carbocycles. The molecule has 0 saturated carbocycles. The van der Waals surface area contributed by atoms with Crippen LogP contribution in [-0.2, 0) is 9.39 Å². The number of hydrogen-bond donors (Lipinski definition) is 0. The Hall–Kier alpha value is -0.0151. The first-order valence-electron chi connectivity index (χ1n) is 4.95. The maximum Gasteiger partial charge on any atom is 0.257 e. The third-order valence-corrected chi connectivity index (χ3v) is 2.07. The van der Waals surface area contributed by atoms with Crippen LogP contribution in [0, 0.1) is 0 Å². The highest BCUT2D eigenvalue weighted by Gasteiger charge is 1.95. The Labute approximate surface area is 77.1 Å². The number of rotatable bonds is 3. The first-order valence-corrected chi connectivity index (χ1v) is 4.95. The van der Waals surface area contributed by atoms with Gasteiger partial charge in [-0.15, -0.1) is 0 Å². The molecule has 0 aromatic heterocycles. The molecule has 0 unspecified atom stereocenters. The van der Waals surface area contributed by atoms with Crippen molar-refractivity contribution >= 4 is 8.05 Å². The van der Waals surface area contributed by atoms with E-state index in [4.69, 9.17) is 9.39 Å². The molecule has 0 bridgehead atoms. The highest BCUT2D eigenvalue weighted by molar-refractivity contribution is 5.98. The van der Waals surface area contributed by atoms with E-state index in [0.29, 0.717) is 6.10 Å². The van der Waals surface area contributed by atoms with E-state index in [2.05, 4.69) is 13.8 Å². The Bertz CT molecular complexity index is 67.5. The predicted octanol–water partition coefficient (Wildman–Crippen LogP) is 1.54. The minimum atomic E-state index is 0.486. The molecule has 0 atom stereocenters. The molecule has 0 aliphatic carbocycles. The number of hydrogen-bond acceptors (Lipinski definition) is 2. The van der Waals surface area contributed by atoms with Gasteiger partial charge in [0, 0.05) is 19.3 Å². The molecule has 1 aliphatic heterocycles. The summed E-state index contributed by atoms with van der Waals surface area (Å²) >= 11 is 0. The predicted molar refractivity (Wildman–Crippen MR) is 54.1 cm³/mol. The monoisotopic (exact) mass is 172 g/mol. The van der Waals surface area contributed by atoms with Crippen LogP contribution >= 0.6 is 0 Å². The molecule has 0 aromatic rings.